The number of amides is 1. The van der Waals surface area contributed by atoms with Crippen LogP contribution in [0.4, 0.5) is 5.69 Å². The molecule has 3 aromatic rings. The van der Waals surface area contributed by atoms with E-state index in [9.17, 15) is 14.7 Å². The number of thiophene rings is 1. The van der Waals surface area contributed by atoms with Crippen molar-refractivity contribution in [3.8, 4) is 5.75 Å². The van der Waals surface area contributed by atoms with Crippen LogP contribution in [0, 0.1) is 0 Å². The zero-order valence-corrected chi connectivity index (χ0v) is 17.7. The summed E-state index contributed by atoms with van der Waals surface area (Å²) in [6.45, 7) is 0. The molecule has 0 spiro atoms. The van der Waals surface area contributed by atoms with E-state index in [1.165, 1.54) is 23.5 Å². The van der Waals surface area contributed by atoms with Crippen molar-refractivity contribution >= 4 is 72.2 Å². The second kappa shape index (κ2) is 7.92. The predicted molar refractivity (Wildman–Crippen MR) is 111 cm³/mol. The number of halogens is 3. The fraction of sp³-hybridized carbons (Fsp3) is 0. The monoisotopic (exact) mass is 513 g/mol. The number of anilines is 1. The largest absolute Gasteiger partial charge is 0.506 e. The highest BCUT2D eigenvalue weighted by Gasteiger charge is 2.17. The molecule has 0 atom stereocenters. The van der Waals surface area contributed by atoms with Crippen molar-refractivity contribution in [2.45, 2.75) is 0 Å². The molecule has 0 bridgehead atoms. The molecule has 0 saturated carbocycles. The zero-order valence-electron chi connectivity index (χ0n) is 12.9. The van der Waals surface area contributed by atoms with Gasteiger partial charge in [0.15, 0.2) is 0 Å². The Morgan fingerprint density at radius 1 is 1.12 bits per heavy atom. The zero-order chi connectivity index (χ0) is 18.8. The Kier molecular flexibility index (Phi) is 5.82. The number of hydrogen-bond acceptors (Lipinski definition) is 4. The van der Waals surface area contributed by atoms with Crippen LogP contribution in [-0.4, -0.2) is 16.8 Å². The van der Waals surface area contributed by atoms with Crippen molar-refractivity contribution in [2.24, 2.45) is 0 Å². The lowest BCUT2D eigenvalue weighted by Gasteiger charge is -2.11. The van der Waals surface area contributed by atoms with E-state index in [0.29, 0.717) is 25.1 Å². The van der Waals surface area contributed by atoms with E-state index in [2.05, 4.69) is 37.2 Å². The third-order valence-electron chi connectivity index (χ3n) is 3.50. The van der Waals surface area contributed by atoms with E-state index >= 15 is 0 Å². The third kappa shape index (κ3) is 4.01. The van der Waals surface area contributed by atoms with E-state index in [1.54, 1.807) is 30.3 Å². The van der Waals surface area contributed by atoms with Gasteiger partial charge >= 0.3 is 0 Å². The quantitative estimate of drug-likeness (QED) is 0.412. The molecule has 0 radical (unpaired) electrons. The molecule has 1 aromatic heterocycles. The van der Waals surface area contributed by atoms with Crippen molar-refractivity contribution < 1.29 is 14.7 Å². The SMILES string of the molecule is O=C(c1ccc(NC(=O)c2cc(Br)cc(Br)c2O)c(Cl)c1)c1cccs1. The van der Waals surface area contributed by atoms with Crippen LogP contribution >= 0.6 is 54.8 Å². The van der Waals surface area contributed by atoms with Gasteiger partial charge in [-0.25, -0.2) is 0 Å². The molecule has 0 saturated heterocycles. The van der Waals surface area contributed by atoms with Crippen LogP contribution in [0.25, 0.3) is 0 Å². The lowest BCUT2D eigenvalue weighted by molar-refractivity contribution is 0.102. The Bertz CT molecular complexity index is 1010. The highest BCUT2D eigenvalue weighted by molar-refractivity contribution is 9.11. The van der Waals surface area contributed by atoms with Gasteiger partial charge in [0, 0.05) is 10.0 Å². The Morgan fingerprint density at radius 2 is 1.88 bits per heavy atom. The summed E-state index contributed by atoms with van der Waals surface area (Å²) in [4.78, 5) is 25.4. The number of nitrogens with one attached hydrogen (secondary N) is 1. The summed E-state index contributed by atoms with van der Waals surface area (Å²) >= 11 is 14.0. The van der Waals surface area contributed by atoms with Crippen LogP contribution in [0.5, 0.6) is 5.75 Å². The molecule has 4 nitrogen and oxygen atoms in total. The Hall–Kier alpha value is -1.67. The Labute approximate surface area is 175 Å². The van der Waals surface area contributed by atoms with Crippen molar-refractivity contribution in [2.75, 3.05) is 5.32 Å². The Balaban J connectivity index is 1.85. The number of phenolic OH excluding ortho intramolecular Hbond substituents is 1. The molecular weight excluding hydrogens is 506 g/mol. The summed E-state index contributed by atoms with van der Waals surface area (Å²) in [5.74, 6) is -0.830. The molecule has 132 valence electrons. The molecule has 1 amide bonds. The number of ketones is 1. The van der Waals surface area contributed by atoms with E-state index in [0.717, 1.165) is 0 Å². The molecule has 8 heteroatoms. The summed E-state index contributed by atoms with van der Waals surface area (Å²) in [6.07, 6.45) is 0. The van der Waals surface area contributed by atoms with Gasteiger partial charge in [0.05, 0.1) is 25.6 Å². The first-order valence-corrected chi connectivity index (χ1v) is 10.1. The number of benzene rings is 2. The van der Waals surface area contributed by atoms with Gasteiger partial charge in [-0.15, -0.1) is 11.3 Å². The maximum Gasteiger partial charge on any atom is 0.259 e. The van der Waals surface area contributed by atoms with Crippen LogP contribution < -0.4 is 5.32 Å². The molecule has 0 aliphatic rings. The van der Waals surface area contributed by atoms with Gasteiger partial charge in [0.25, 0.3) is 5.91 Å². The van der Waals surface area contributed by atoms with Gasteiger partial charge in [0.2, 0.25) is 5.78 Å². The fourth-order valence-electron chi connectivity index (χ4n) is 2.24. The van der Waals surface area contributed by atoms with E-state index in [4.69, 9.17) is 11.6 Å². The van der Waals surface area contributed by atoms with Gasteiger partial charge in [-0.1, -0.05) is 33.6 Å². The van der Waals surface area contributed by atoms with Gasteiger partial charge in [0.1, 0.15) is 5.75 Å². The summed E-state index contributed by atoms with van der Waals surface area (Å²) in [6, 6.07) is 11.3. The minimum atomic E-state index is -0.524. The minimum absolute atomic E-state index is 0.0843. The van der Waals surface area contributed by atoms with E-state index < -0.39 is 5.91 Å². The first kappa shape index (κ1) is 19.1. The van der Waals surface area contributed by atoms with Crippen LogP contribution in [0.1, 0.15) is 25.6 Å². The van der Waals surface area contributed by atoms with Crippen LogP contribution in [-0.2, 0) is 0 Å². The molecule has 1 heterocycles. The highest BCUT2D eigenvalue weighted by Crippen LogP contribution is 2.33. The van der Waals surface area contributed by atoms with Gasteiger partial charge in [-0.05, 0) is 57.7 Å². The van der Waals surface area contributed by atoms with E-state index in [1.807, 2.05) is 5.38 Å². The normalized spacial score (nSPS) is 10.6. The van der Waals surface area contributed by atoms with Crippen LogP contribution in [0.2, 0.25) is 5.02 Å². The molecule has 2 N–H and O–H groups in total. The topological polar surface area (TPSA) is 66.4 Å². The first-order valence-electron chi connectivity index (χ1n) is 7.24. The molecule has 26 heavy (non-hydrogen) atoms. The molecule has 0 fully saturated rings. The van der Waals surface area contributed by atoms with Crippen LogP contribution in [0.3, 0.4) is 0 Å². The molecule has 0 aliphatic carbocycles. The van der Waals surface area contributed by atoms with Crippen molar-refractivity contribution in [3.63, 3.8) is 0 Å². The van der Waals surface area contributed by atoms with Gasteiger partial charge < -0.3 is 10.4 Å². The molecule has 0 aliphatic heterocycles. The third-order valence-corrected chi connectivity index (χ3v) is 5.74. The molecule has 3 rings (SSSR count). The number of rotatable bonds is 4. The summed E-state index contributed by atoms with van der Waals surface area (Å²) in [5.41, 5.74) is 0.861. The average molecular weight is 516 g/mol. The van der Waals surface area contributed by atoms with E-state index in [-0.39, 0.29) is 22.1 Å². The lowest BCUT2D eigenvalue weighted by Crippen LogP contribution is -2.13. The van der Waals surface area contributed by atoms with Gasteiger partial charge in [-0.3, -0.25) is 9.59 Å². The first-order chi connectivity index (χ1) is 12.4. The summed E-state index contributed by atoms with van der Waals surface area (Å²) < 4.78 is 1.02. The maximum atomic E-state index is 12.5. The van der Waals surface area contributed by atoms with Crippen molar-refractivity contribution in [1.29, 1.82) is 0 Å². The fourth-order valence-corrected chi connectivity index (χ4v) is 4.38. The predicted octanol–water partition coefficient (Wildman–Crippen LogP) is 6.12. The number of carbonyl (C=O) groups excluding carboxylic acids is 2. The lowest BCUT2D eigenvalue weighted by atomic mass is 10.1. The maximum absolute atomic E-state index is 12.5. The number of aromatic hydroxyl groups is 1. The molecular formula is C18H10Br2ClNO3S. The van der Waals surface area contributed by atoms with Crippen molar-refractivity contribution in [3.05, 3.63) is 77.8 Å². The van der Waals surface area contributed by atoms with Crippen molar-refractivity contribution in [1.82, 2.24) is 0 Å². The number of carbonyl (C=O) groups is 2. The number of hydrogen-bond donors (Lipinski definition) is 2. The second-order valence-corrected chi connectivity index (χ2v) is 8.36. The smallest absolute Gasteiger partial charge is 0.259 e. The summed E-state index contributed by atoms with van der Waals surface area (Å²) in [7, 11) is 0. The Morgan fingerprint density at radius 3 is 2.54 bits per heavy atom. The second-order valence-electron chi connectivity index (χ2n) is 5.24. The minimum Gasteiger partial charge on any atom is -0.506 e. The molecule has 0 unspecified atom stereocenters. The average Bonchev–Trinajstić information content (AvgIpc) is 3.13. The standard InChI is InChI=1S/C18H10Br2ClNO3S/c19-10-7-11(17(24)12(20)8-10)18(25)22-14-4-3-9(6-13(14)21)16(23)15-2-1-5-26-15/h1-8,24H,(H,22,25). The van der Waals surface area contributed by atoms with Gasteiger partial charge in [-0.2, -0.15) is 0 Å². The van der Waals surface area contributed by atoms with Crippen LogP contribution in [0.15, 0.2) is 56.8 Å². The molecule has 2 aromatic carbocycles. The summed E-state index contributed by atoms with van der Waals surface area (Å²) in [5, 5.41) is 14.8. The number of phenols is 1. The highest BCUT2D eigenvalue weighted by atomic mass is 79.9.